The van der Waals surface area contributed by atoms with Crippen LogP contribution in [0.15, 0.2) is 34.6 Å². The van der Waals surface area contributed by atoms with Crippen LogP contribution in [0.25, 0.3) is 10.6 Å². The van der Waals surface area contributed by atoms with E-state index in [-0.39, 0.29) is 11.9 Å². The Morgan fingerprint density at radius 2 is 2.39 bits per heavy atom. The number of carbonyl (C=O) groups excluding carboxylic acids is 1. The average molecular weight is 344 g/mol. The predicted octanol–water partition coefficient (Wildman–Crippen LogP) is 2.74. The lowest BCUT2D eigenvalue weighted by atomic mass is 10.1. The molecule has 0 fully saturated rings. The van der Waals surface area contributed by atoms with Crippen molar-refractivity contribution >= 4 is 28.6 Å². The number of hydrogen-bond acceptors (Lipinski definition) is 5. The molecule has 0 bridgehead atoms. The first kappa shape index (κ1) is 14.6. The zero-order valence-electron chi connectivity index (χ0n) is 12.4. The van der Waals surface area contributed by atoms with Crippen molar-refractivity contribution in [2.75, 3.05) is 0 Å². The largest absolute Gasteiger partial charge is 0.351 e. The highest BCUT2D eigenvalue weighted by molar-refractivity contribution is 7.14. The van der Waals surface area contributed by atoms with Crippen molar-refractivity contribution in [2.24, 2.45) is 0 Å². The minimum absolute atomic E-state index is 0.0423. The van der Waals surface area contributed by atoms with Gasteiger partial charge in [-0.2, -0.15) is 11.3 Å². The minimum Gasteiger partial charge on any atom is -0.351 e. The number of rotatable bonds is 4. The maximum Gasteiger partial charge on any atom is 0.226 e. The molecule has 1 aliphatic rings. The van der Waals surface area contributed by atoms with Gasteiger partial charge in [-0.1, -0.05) is 0 Å². The first-order valence-corrected chi connectivity index (χ1v) is 9.36. The third-order valence-electron chi connectivity index (χ3n) is 3.96. The fourth-order valence-electron chi connectivity index (χ4n) is 2.83. The maximum absolute atomic E-state index is 12.3. The van der Waals surface area contributed by atoms with Crippen LogP contribution in [0, 0.1) is 0 Å². The minimum atomic E-state index is 0.0423. The lowest BCUT2D eigenvalue weighted by Crippen LogP contribution is -2.41. The highest BCUT2D eigenvalue weighted by atomic mass is 32.1. The van der Waals surface area contributed by atoms with Gasteiger partial charge in [0.25, 0.3) is 0 Å². The van der Waals surface area contributed by atoms with Crippen molar-refractivity contribution in [3.05, 3.63) is 46.1 Å². The Morgan fingerprint density at radius 3 is 3.26 bits per heavy atom. The number of aryl methyl sites for hydroxylation is 1. The van der Waals surface area contributed by atoms with Gasteiger partial charge in [0.05, 0.1) is 12.1 Å². The zero-order chi connectivity index (χ0) is 15.6. The molecule has 3 aromatic rings. The summed E-state index contributed by atoms with van der Waals surface area (Å²) in [4.78, 5) is 21.1. The summed E-state index contributed by atoms with van der Waals surface area (Å²) in [5.74, 6) is 1.15. The fraction of sp³-hybridized carbons (Fsp3) is 0.312. The van der Waals surface area contributed by atoms with Crippen LogP contribution >= 0.6 is 22.7 Å². The van der Waals surface area contributed by atoms with Crippen LogP contribution in [0.3, 0.4) is 0 Å². The van der Waals surface area contributed by atoms with Gasteiger partial charge in [0.15, 0.2) is 0 Å². The Labute approximate surface area is 142 Å². The molecule has 1 amide bonds. The van der Waals surface area contributed by atoms with E-state index in [1.807, 2.05) is 23.2 Å². The lowest BCUT2D eigenvalue weighted by Gasteiger charge is -2.24. The maximum atomic E-state index is 12.3. The molecule has 1 aliphatic heterocycles. The predicted molar refractivity (Wildman–Crippen MR) is 91.6 cm³/mol. The molecule has 0 aromatic carbocycles. The molecular formula is C16H16N4OS2. The van der Waals surface area contributed by atoms with Crippen LogP contribution in [0.4, 0.5) is 0 Å². The topological polar surface area (TPSA) is 59.8 Å². The van der Waals surface area contributed by atoms with E-state index in [1.54, 1.807) is 22.7 Å². The van der Waals surface area contributed by atoms with Gasteiger partial charge in [0.2, 0.25) is 5.91 Å². The number of hydrogen-bond donors (Lipinski definition) is 1. The molecule has 3 aromatic heterocycles. The van der Waals surface area contributed by atoms with Gasteiger partial charge in [0.1, 0.15) is 10.8 Å². The molecule has 0 radical (unpaired) electrons. The molecule has 23 heavy (non-hydrogen) atoms. The summed E-state index contributed by atoms with van der Waals surface area (Å²) in [6.45, 7) is 0.804. The van der Waals surface area contributed by atoms with Crippen LogP contribution in [0.1, 0.15) is 17.9 Å². The molecule has 0 aliphatic carbocycles. The molecular weight excluding hydrogens is 328 g/mol. The summed E-state index contributed by atoms with van der Waals surface area (Å²) in [6.07, 6.45) is 5.99. The van der Waals surface area contributed by atoms with Crippen LogP contribution in [-0.2, 0) is 24.2 Å². The second-order valence-electron chi connectivity index (χ2n) is 5.63. The number of carbonyl (C=O) groups is 1. The summed E-state index contributed by atoms with van der Waals surface area (Å²) in [5.41, 5.74) is 1.97. The number of thiazole rings is 1. The second kappa shape index (κ2) is 6.25. The highest BCUT2D eigenvalue weighted by Crippen LogP contribution is 2.25. The van der Waals surface area contributed by atoms with E-state index in [9.17, 15) is 4.79 Å². The van der Waals surface area contributed by atoms with Gasteiger partial charge >= 0.3 is 0 Å². The van der Waals surface area contributed by atoms with Crippen molar-refractivity contribution < 1.29 is 4.79 Å². The van der Waals surface area contributed by atoms with E-state index in [2.05, 4.69) is 31.3 Å². The smallest absolute Gasteiger partial charge is 0.226 e. The highest BCUT2D eigenvalue weighted by Gasteiger charge is 2.20. The van der Waals surface area contributed by atoms with Gasteiger partial charge < -0.3 is 9.88 Å². The van der Waals surface area contributed by atoms with Crippen LogP contribution < -0.4 is 5.32 Å². The molecule has 0 saturated heterocycles. The van der Waals surface area contributed by atoms with Crippen molar-refractivity contribution in [3.8, 4) is 10.6 Å². The Bertz CT molecular complexity index is 806. The number of nitrogens with one attached hydrogen (secondary N) is 1. The summed E-state index contributed by atoms with van der Waals surface area (Å²) in [5, 5.41) is 10.2. The third kappa shape index (κ3) is 3.20. The fourth-order valence-corrected chi connectivity index (χ4v) is 4.37. The van der Waals surface area contributed by atoms with Gasteiger partial charge in [-0.25, -0.2) is 9.97 Å². The van der Waals surface area contributed by atoms with Crippen molar-refractivity contribution in [1.29, 1.82) is 0 Å². The third-order valence-corrected chi connectivity index (χ3v) is 5.59. The van der Waals surface area contributed by atoms with Crippen molar-refractivity contribution in [3.63, 3.8) is 0 Å². The van der Waals surface area contributed by atoms with Crippen molar-refractivity contribution in [1.82, 2.24) is 19.9 Å². The quantitative estimate of drug-likeness (QED) is 0.792. The summed E-state index contributed by atoms with van der Waals surface area (Å²) < 4.78 is 2.12. The number of nitrogens with zero attached hydrogens (tertiary/aromatic N) is 3. The first-order chi connectivity index (χ1) is 11.3. The van der Waals surface area contributed by atoms with Gasteiger partial charge in [-0.05, 0) is 17.9 Å². The van der Waals surface area contributed by atoms with Crippen LogP contribution in [0.5, 0.6) is 0 Å². The number of aromatic nitrogens is 3. The Kier molecular flexibility index (Phi) is 3.97. The van der Waals surface area contributed by atoms with E-state index >= 15 is 0 Å². The molecule has 4 heterocycles. The van der Waals surface area contributed by atoms with E-state index in [0.29, 0.717) is 6.42 Å². The molecule has 7 heteroatoms. The number of imidazole rings is 1. The first-order valence-electron chi connectivity index (χ1n) is 7.54. The molecule has 5 nitrogen and oxygen atoms in total. The van der Waals surface area contributed by atoms with E-state index in [1.165, 1.54) is 0 Å². The van der Waals surface area contributed by atoms with Crippen molar-refractivity contribution in [2.45, 2.75) is 31.8 Å². The second-order valence-corrected chi connectivity index (χ2v) is 7.27. The molecule has 118 valence electrons. The average Bonchev–Trinajstić information content (AvgIpc) is 3.27. The zero-order valence-corrected chi connectivity index (χ0v) is 14.1. The number of fused-ring (bicyclic) bond motifs is 1. The standard InChI is InChI=1S/C16H16N4OS2/c21-15(18-12-1-2-14-17-4-5-20(14)8-12)7-13-10-23-16(19-13)11-3-6-22-9-11/h3-6,9-10,12H,1-2,7-8H2,(H,18,21)/t12-/m1/s1. The van der Waals surface area contributed by atoms with E-state index in [0.717, 1.165) is 41.5 Å². The molecule has 0 saturated carbocycles. The van der Waals surface area contributed by atoms with Crippen LogP contribution in [0.2, 0.25) is 0 Å². The number of amides is 1. The Morgan fingerprint density at radius 1 is 1.43 bits per heavy atom. The van der Waals surface area contributed by atoms with Gasteiger partial charge in [0, 0.05) is 47.7 Å². The summed E-state index contributed by atoms with van der Waals surface area (Å²) in [7, 11) is 0. The molecule has 0 spiro atoms. The van der Waals surface area contributed by atoms with Gasteiger partial charge in [-0.15, -0.1) is 11.3 Å². The molecule has 0 unspecified atom stereocenters. The van der Waals surface area contributed by atoms with E-state index in [4.69, 9.17) is 0 Å². The van der Waals surface area contributed by atoms with E-state index < -0.39 is 0 Å². The van der Waals surface area contributed by atoms with Gasteiger partial charge in [-0.3, -0.25) is 4.79 Å². The summed E-state index contributed by atoms with van der Waals surface area (Å²) in [6, 6.07) is 2.23. The SMILES string of the molecule is O=C(Cc1csc(-c2ccsc2)n1)N[C@@H]1CCc2nccn2C1. The monoisotopic (exact) mass is 344 g/mol. The molecule has 4 rings (SSSR count). The number of thiophene rings is 1. The molecule has 1 N–H and O–H groups in total. The Balaban J connectivity index is 1.36. The Hall–Kier alpha value is -1.99. The van der Waals surface area contributed by atoms with Crippen LogP contribution in [-0.4, -0.2) is 26.5 Å². The lowest BCUT2D eigenvalue weighted by molar-refractivity contribution is -0.121. The summed E-state index contributed by atoms with van der Waals surface area (Å²) >= 11 is 3.25. The molecule has 1 atom stereocenters. The normalized spacial score (nSPS) is 17.0.